The lowest BCUT2D eigenvalue weighted by Crippen LogP contribution is -2.13. The highest BCUT2D eigenvalue weighted by atomic mass is 19.1. The molecule has 0 radical (unpaired) electrons. The number of hydrogen-bond acceptors (Lipinski definition) is 4. The lowest BCUT2D eigenvalue weighted by Gasteiger charge is -2.08. The van der Waals surface area contributed by atoms with Gasteiger partial charge >= 0.3 is 0 Å². The van der Waals surface area contributed by atoms with Gasteiger partial charge in [-0.2, -0.15) is 0 Å². The first-order valence-corrected chi connectivity index (χ1v) is 4.61. The molecule has 0 saturated heterocycles. The molecule has 1 heterocycles. The van der Waals surface area contributed by atoms with Crippen molar-refractivity contribution in [1.29, 1.82) is 0 Å². The predicted octanol–water partition coefficient (Wildman–Crippen LogP) is 0.0837. The highest BCUT2D eigenvalue weighted by Gasteiger charge is 2.10. The van der Waals surface area contributed by atoms with E-state index in [1.807, 2.05) is 0 Å². The van der Waals surface area contributed by atoms with Gasteiger partial charge in [-0.25, -0.2) is 4.39 Å². The Morgan fingerprint density at radius 1 is 1.62 bits per heavy atom. The lowest BCUT2D eigenvalue weighted by molar-refractivity contribution is 0.266. The van der Waals surface area contributed by atoms with Gasteiger partial charge in [0.05, 0.1) is 18.5 Å². The zero-order valence-corrected chi connectivity index (χ0v) is 8.55. The summed E-state index contributed by atoms with van der Waals surface area (Å²) in [4.78, 5) is 7.79. The average Bonchev–Trinajstić information content (AvgIpc) is 2.27. The van der Waals surface area contributed by atoms with Crippen molar-refractivity contribution >= 4 is 5.84 Å². The fourth-order valence-electron chi connectivity index (χ4n) is 1.11. The van der Waals surface area contributed by atoms with Crippen LogP contribution in [0.3, 0.4) is 0 Å². The minimum atomic E-state index is -0.614. The van der Waals surface area contributed by atoms with E-state index in [-0.39, 0.29) is 12.4 Å². The lowest BCUT2D eigenvalue weighted by atomic mass is 10.2. The van der Waals surface area contributed by atoms with Crippen molar-refractivity contribution in [3.8, 4) is 0 Å². The molecule has 5 N–H and O–H groups in total. The van der Waals surface area contributed by atoms with E-state index in [9.17, 15) is 4.39 Å². The number of pyridine rings is 1. The molecule has 0 saturated carbocycles. The second-order valence-electron chi connectivity index (χ2n) is 3.01. The molecule has 0 amide bonds. The summed E-state index contributed by atoms with van der Waals surface area (Å²) < 4.78 is 12.6. The monoisotopic (exact) mass is 224 g/mol. The molecule has 1 rings (SSSR count). The molecule has 16 heavy (non-hydrogen) atoms. The van der Waals surface area contributed by atoms with Crippen LogP contribution in [-0.2, 0) is 0 Å². The molecule has 6 heteroatoms. The van der Waals surface area contributed by atoms with E-state index >= 15 is 0 Å². The maximum atomic E-state index is 12.6. The molecular weight excluding hydrogens is 211 g/mol. The van der Waals surface area contributed by atoms with Crippen molar-refractivity contribution in [2.24, 2.45) is 16.5 Å². The van der Waals surface area contributed by atoms with Crippen molar-refractivity contribution in [2.75, 3.05) is 6.61 Å². The van der Waals surface area contributed by atoms with Crippen molar-refractivity contribution in [3.05, 3.63) is 42.1 Å². The first kappa shape index (κ1) is 12.1. The summed E-state index contributed by atoms with van der Waals surface area (Å²) in [6.07, 6.45) is 3.69. The zero-order chi connectivity index (χ0) is 12.0. The normalized spacial score (nSPS) is 14.2. The number of nitrogens with zero attached hydrogens (tertiary/aromatic N) is 2. The van der Waals surface area contributed by atoms with Crippen LogP contribution >= 0.6 is 0 Å². The standard InChI is InChI=1S/C10H13FN4O/c11-7-1-2-8(14-5-7)9(6-16)15-10(13)3-4-12/h1-5,9,16H,6,12H2,(H2,13,15)/b4-3-. The smallest absolute Gasteiger partial charge is 0.141 e. The summed E-state index contributed by atoms with van der Waals surface area (Å²) in [7, 11) is 0. The Bertz CT molecular complexity index is 388. The third-order valence-corrected chi connectivity index (χ3v) is 1.84. The van der Waals surface area contributed by atoms with Gasteiger partial charge in [0.15, 0.2) is 0 Å². The summed E-state index contributed by atoms with van der Waals surface area (Å²) in [5.41, 5.74) is 11.1. The minimum absolute atomic E-state index is 0.174. The van der Waals surface area contributed by atoms with Crippen LogP contribution in [0.5, 0.6) is 0 Å². The average molecular weight is 224 g/mol. The largest absolute Gasteiger partial charge is 0.404 e. The third-order valence-electron chi connectivity index (χ3n) is 1.84. The van der Waals surface area contributed by atoms with E-state index in [4.69, 9.17) is 16.6 Å². The second kappa shape index (κ2) is 5.82. The van der Waals surface area contributed by atoms with Crippen LogP contribution in [0.2, 0.25) is 0 Å². The van der Waals surface area contributed by atoms with Crippen molar-refractivity contribution in [3.63, 3.8) is 0 Å². The van der Waals surface area contributed by atoms with E-state index < -0.39 is 11.9 Å². The first-order valence-electron chi connectivity index (χ1n) is 4.61. The number of halogens is 1. The highest BCUT2D eigenvalue weighted by Crippen LogP contribution is 2.14. The van der Waals surface area contributed by atoms with E-state index in [0.717, 1.165) is 6.20 Å². The summed E-state index contributed by atoms with van der Waals surface area (Å²) in [5, 5.41) is 9.11. The van der Waals surface area contributed by atoms with E-state index in [1.54, 1.807) is 0 Å². The van der Waals surface area contributed by atoms with Crippen LogP contribution in [0.4, 0.5) is 4.39 Å². The van der Waals surface area contributed by atoms with Crippen LogP contribution < -0.4 is 11.5 Å². The van der Waals surface area contributed by atoms with Gasteiger partial charge in [0, 0.05) is 0 Å². The number of rotatable bonds is 4. The number of aliphatic hydroxyl groups excluding tert-OH is 1. The summed E-state index contributed by atoms with van der Waals surface area (Å²) in [6, 6.07) is 2.08. The third kappa shape index (κ3) is 3.32. The van der Waals surface area contributed by atoms with Gasteiger partial charge in [-0.15, -0.1) is 0 Å². The SMILES string of the molecule is N/C=C\C(N)=NC(CO)c1ccc(F)cn1. The Labute approximate surface area is 92.3 Å². The van der Waals surface area contributed by atoms with E-state index in [0.29, 0.717) is 5.69 Å². The van der Waals surface area contributed by atoms with Gasteiger partial charge in [0.2, 0.25) is 0 Å². The Morgan fingerprint density at radius 2 is 2.38 bits per heavy atom. The number of aromatic nitrogens is 1. The molecule has 0 fully saturated rings. The first-order chi connectivity index (χ1) is 7.67. The molecule has 1 aromatic rings. The van der Waals surface area contributed by atoms with Crippen molar-refractivity contribution in [1.82, 2.24) is 4.98 Å². The van der Waals surface area contributed by atoms with Crippen LogP contribution in [-0.4, -0.2) is 22.5 Å². The molecule has 0 aromatic carbocycles. The fraction of sp³-hybridized carbons (Fsp3) is 0.200. The molecule has 1 atom stereocenters. The number of aliphatic hydroxyl groups is 1. The van der Waals surface area contributed by atoms with Gasteiger partial charge in [-0.1, -0.05) is 0 Å². The Balaban J connectivity index is 2.90. The molecule has 0 aliphatic rings. The Morgan fingerprint density at radius 3 is 2.88 bits per heavy atom. The molecule has 1 unspecified atom stereocenters. The molecule has 1 aromatic heterocycles. The molecule has 0 aliphatic carbocycles. The molecule has 0 aliphatic heterocycles. The van der Waals surface area contributed by atoms with E-state index in [1.165, 1.54) is 24.4 Å². The summed E-state index contributed by atoms with van der Waals surface area (Å²) >= 11 is 0. The van der Waals surface area contributed by atoms with Crippen molar-refractivity contribution in [2.45, 2.75) is 6.04 Å². The maximum Gasteiger partial charge on any atom is 0.141 e. The number of aliphatic imine (C=N–C) groups is 1. The molecular formula is C10H13FN4O. The number of nitrogens with two attached hydrogens (primary N) is 2. The van der Waals surface area contributed by atoms with Gasteiger partial charge in [0.1, 0.15) is 17.7 Å². The van der Waals surface area contributed by atoms with Gasteiger partial charge in [-0.3, -0.25) is 9.98 Å². The highest BCUT2D eigenvalue weighted by molar-refractivity contribution is 5.91. The molecule has 0 spiro atoms. The Hall–Kier alpha value is -1.95. The zero-order valence-electron chi connectivity index (χ0n) is 8.55. The summed E-state index contributed by atoms with van der Waals surface area (Å²) in [5.74, 6) is -0.271. The van der Waals surface area contributed by atoms with E-state index in [2.05, 4.69) is 9.98 Å². The van der Waals surface area contributed by atoms with Gasteiger partial charge in [0.25, 0.3) is 0 Å². The number of hydrogen-bond donors (Lipinski definition) is 3. The minimum Gasteiger partial charge on any atom is -0.404 e. The van der Waals surface area contributed by atoms with Gasteiger partial charge in [-0.05, 0) is 24.4 Å². The van der Waals surface area contributed by atoms with Crippen LogP contribution in [0.25, 0.3) is 0 Å². The van der Waals surface area contributed by atoms with Crippen molar-refractivity contribution < 1.29 is 9.50 Å². The van der Waals surface area contributed by atoms with Gasteiger partial charge < -0.3 is 16.6 Å². The maximum absolute atomic E-state index is 12.6. The van der Waals surface area contributed by atoms with Crippen LogP contribution in [0.1, 0.15) is 11.7 Å². The topological polar surface area (TPSA) is 97.5 Å². The Kier molecular flexibility index (Phi) is 4.41. The fourth-order valence-corrected chi connectivity index (χ4v) is 1.11. The quantitative estimate of drug-likeness (QED) is 0.498. The molecule has 5 nitrogen and oxygen atoms in total. The molecule has 86 valence electrons. The molecule has 0 bridgehead atoms. The van der Waals surface area contributed by atoms with Crippen LogP contribution in [0.15, 0.2) is 35.6 Å². The number of amidine groups is 1. The van der Waals surface area contributed by atoms with Crippen LogP contribution in [0, 0.1) is 5.82 Å². The second-order valence-corrected chi connectivity index (χ2v) is 3.01. The predicted molar refractivity (Wildman–Crippen MR) is 59.0 cm³/mol. The summed E-state index contributed by atoms with van der Waals surface area (Å²) in [6.45, 7) is -0.266.